The van der Waals surface area contributed by atoms with Crippen molar-refractivity contribution in [2.24, 2.45) is 11.7 Å². The quantitative estimate of drug-likeness (QED) is 0.825. The van der Waals surface area contributed by atoms with Crippen LogP contribution in [0.15, 0.2) is 4.52 Å². The van der Waals surface area contributed by atoms with Gasteiger partial charge in [-0.3, -0.25) is 0 Å². The molecule has 0 amide bonds. The number of nitrogens with zero attached hydrogens (tertiary/aromatic N) is 2. The second-order valence-corrected chi connectivity index (χ2v) is 4.94. The molecule has 15 heavy (non-hydrogen) atoms. The van der Waals surface area contributed by atoms with Crippen molar-refractivity contribution in [1.29, 1.82) is 0 Å². The Labute approximate surface area is 90.2 Å². The summed E-state index contributed by atoms with van der Waals surface area (Å²) in [5.41, 5.74) is 5.65. The monoisotopic (exact) mass is 209 g/mol. The van der Waals surface area contributed by atoms with Crippen LogP contribution in [0.4, 0.5) is 0 Å². The van der Waals surface area contributed by atoms with Gasteiger partial charge in [0.15, 0.2) is 5.82 Å². The highest BCUT2D eigenvalue weighted by Gasteiger charge is 2.39. The van der Waals surface area contributed by atoms with Crippen molar-refractivity contribution in [2.45, 2.75) is 51.5 Å². The van der Waals surface area contributed by atoms with Crippen LogP contribution in [-0.4, -0.2) is 10.1 Å². The first-order chi connectivity index (χ1) is 7.04. The molecule has 4 nitrogen and oxygen atoms in total. The summed E-state index contributed by atoms with van der Waals surface area (Å²) >= 11 is 0. The first-order valence-corrected chi connectivity index (χ1v) is 5.67. The molecule has 1 aliphatic rings. The van der Waals surface area contributed by atoms with Crippen molar-refractivity contribution >= 4 is 0 Å². The van der Waals surface area contributed by atoms with Gasteiger partial charge in [0, 0.05) is 5.92 Å². The van der Waals surface area contributed by atoms with Gasteiger partial charge in [-0.1, -0.05) is 25.4 Å². The normalized spacial score (nSPS) is 28.8. The van der Waals surface area contributed by atoms with Crippen LogP contribution < -0.4 is 5.73 Å². The maximum atomic E-state index is 6.12. The number of rotatable bonds is 4. The SMILES string of the molecule is CCCC(C)(N)c1nc(C2CC2C)no1. The number of hydrogen-bond donors (Lipinski definition) is 1. The maximum absolute atomic E-state index is 6.12. The van der Waals surface area contributed by atoms with E-state index in [-0.39, 0.29) is 0 Å². The van der Waals surface area contributed by atoms with E-state index in [1.807, 2.05) is 6.92 Å². The summed E-state index contributed by atoms with van der Waals surface area (Å²) in [6.45, 7) is 6.25. The molecule has 2 N–H and O–H groups in total. The minimum Gasteiger partial charge on any atom is -0.337 e. The standard InChI is InChI=1S/C11H19N3O/c1-4-5-11(3,12)10-13-9(14-15-10)8-6-7(8)2/h7-8H,4-6,12H2,1-3H3. The third kappa shape index (κ3) is 2.04. The van der Waals surface area contributed by atoms with E-state index in [4.69, 9.17) is 10.3 Å². The maximum Gasteiger partial charge on any atom is 0.246 e. The molecule has 1 heterocycles. The first-order valence-electron chi connectivity index (χ1n) is 5.67. The van der Waals surface area contributed by atoms with Crippen molar-refractivity contribution < 1.29 is 4.52 Å². The fourth-order valence-electron chi connectivity index (χ4n) is 1.93. The lowest BCUT2D eigenvalue weighted by atomic mass is 9.98. The molecule has 0 radical (unpaired) electrons. The van der Waals surface area contributed by atoms with E-state index >= 15 is 0 Å². The van der Waals surface area contributed by atoms with Gasteiger partial charge in [0.2, 0.25) is 5.89 Å². The summed E-state index contributed by atoms with van der Waals surface area (Å²) < 4.78 is 5.25. The first kappa shape index (κ1) is 10.6. The second-order valence-electron chi connectivity index (χ2n) is 4.94. The van der Waals surface area contributed by atoms with E-state index in [9.17, 15) is 0 Å². The Kier molecular flexibility index (Phi) is 2.54. The molecule has 0 aliphatic heterocycles. The fraction of sp³-hybridized carbons (Fsp3) is 0.818. The Balaban J connectivity index is 2.12. The molecule has 1 aromatic heterocycles. The Morgan fingerprint density at radius 3 is 2.80 bits per heavy atom. The molecule has 3 atom stereocenters. The predicted molar refractivity (Wildman–Crippen MR) is 57.3 cm³/mol. The van der Waals surface area contributed by atoms with Gasteiger partial charge in [-0.25, -0.2) is 0 Å². The zero-order chi connectivity index (χ0) is 11.1. The van der Waals surface area contributed by atoms with E-state index in [2.05, 4.69) is 24.0 Å². The molecular formula is C11H19N3O. The smallest absolute Gasteiger partial charge is 0.246 e. The lowest BCUT2D eigenvalue weighted by Crippen LogP contribution is -2.33. The number of nitrogens with two attached hydrogens (primary N) is 1. The molecule has 1 saturated carbocycles. The van der Waals surface area contributed by atoms with Crippen molar-refractivity contribution in [1.82, 2.24) is 10.1 Å². The molecule has 0 spiro atoms. The van der Waals surface area contributed by atoms with Crippen molar-refractivity contribution in [3.8, 4) is 0 Å². The summed E-state index contributed by atoms with van der Waals surface area (Å²) in [6, 6.07) is 0. The minimum atomic E-state index is -0.474. The highest BCUT2D eigenvalue weighted by Crippen LogP contribution is 2.45. The van der Waals surface area contributed by atoms with Crippen LogP contribution in [0, 0.1) is 5.92 Å². The van der Waals surface area contributed by atoms with Crippen LogP contribution in [-0.2, 0) is 5.54 Å². The molecule has 4 heteroatoms. The Morgan fingerprint density at radius 2 is 2.27 bits per heavy atom. The van der Waals surface area contributed by atoms with Gasteiger partial charge < -0.3 is 10.3 Å². The number of aromatic nitrogens is 2. The molecule has 0 bridgehead atoms. The molecular weight excluding hydrogens is 190 g/mol. The molecule has 1 fully saturated rings. The summed E-state index contributed by atoms with van der Waals surface area (Å²) in [4.78, 5) is 4.41. The van der Waals surface area contributed by atoms with Crippen LogP contribution in [0.1, 0.15) is 57.7 Å². The average molecular weight is 209 g/mol. The lowest BCUT2D eigenvalue weighted by molar-refractivity contribution is 0.282. The van der Waals surface area contributed by atoms with Crippen LogP contribution >= 0.6 is 0 Å². The lowest BCUT2D eigenvalue weighted by Gasteiger charge is -2.18. The van der Waals surface area contributed by atoms with E-state index in [1.54, 1.807) is 0 Å². The molecule has 2 rings (SSSR count). The minimum absolute atomic E-state index is 0.474. The predicted octanol–water partition coefficient (Wildman–Crippen LogP) is 2.17. The van der Waals surface area contributed by atoms with Crippen molar-refractivity contribution in [3.05, 3.63) is 11.7 Å². The average Bonchev–Trinajstić information content (AvgIpc) is 2.70. The van der Waals surface area contributed by atoms with Crippen LogP contribution in [0.2, 0.25) is 0 Å². The molecule has 0 saturated heterocycles. The highest BCUT2D eigenvalue weighted by atomic mass is 16.5. The van der Waals surface area contributed by atoms with Gasteiger partial charge in [0.25, 0.3) is 0 Å². The van der Waals surface area contributed by atoms with E-state index in [0.29, 0.717) is 17.7 Å². The molecule has 0 aromatic carbocycles. The molecule has 1 aliphatic carbocycles. The summed E-state index contributed by atoms with van der Waals surface area (Å²) in [6.07, 6.45) is 3.06. The van der Waals surface area contributed by atoms with Gasteiger partial charge in [-0.2, -0.15) is 4.98 Å². The number of hydrogen-bond acceptors (Lipinski definition) is 4. The zero-order valence-electron chi connectivity index (χ0n) is 9.66. The largest absolute Gasteiger partial charge is 0.337 e. The molecule has 1 aromatic rings. The summed E-state index contributed by atoms with van der Waals surface area (Å²) in [7, 11) is 0. The van der Waals surface area contributed by atoms with Crippen LogP contribution in [0.3, 0.4) is 0 Å². The zero-order valence-corrected chi connectivity index (χ0v) is 9.66. The fourth-order valence-corrected chi connectivity index (χ4v) is 1.93. The van der Waals surface area contributed by atoms with Gasteiger partial charge in [0.05, 0.1) is 5.54 Å². The Bertz CT molecular complexity index is 345. The molecule has 84 valence electrons. The Morgan fingerprint density at radius 1 is 1.60 bits per heavy atom. The summed E-state index contributed by atoms with van der Waals surface area (Å²) in [5.74, 6) is 2.62. The van der Waals surface area contributed by atoms with E-state index < -0.39 is 5.54 Å². The van der Waals surface area contributed by atoms with Crippen LogP contribution in [0.25, 0.3) is 0 Å². The van der Waals surface area contributed by atoms with E-state index in [0.717, 1.165) is 18.7 Å². The van der Waals surface area contributed by atoms with Crippen LogP contribution in [0.5, 0.6) is 0 Å². The van der Waals surface area contributed by atoms with Gasteiger partial charge in [-0.15, -0.1) is 0 Å². The summed E-state index contributed by atoms with van der Waals surface area (Å²) in [5, 5.41) is 4.01. The Hall–Kier alpha value is -0.900. The van der Waals surface area contributed by atoms with Gasteiger partial charge in [0.1, 0.15) is 0 Å². The van der Waals surface area contributed by atoms with Gasteiger partial charge >= 0.3 is 0 Å². The molecule has 3 unspecified atom stereocenters. The highest BCUT2D eigenvalue weighted by molar-refractivity contribution is 5.10. The van der Waals surface area contributed by atoms with Crippen molar-refractivity contribution in [3.63, 3.8) is 0 Å². The van der Waals surface area contributed by atoms with Crippen molar-refractivity contribution in [2.75, 3.05) is 0 Å². The second kappa shape index (κ2) is 3.59. The van der Waals surface area contributed by atoms with E-state index in [1.165, 1.54) is 6.42 Å². The third-order valence-electron chi connectivity index (χ3n) is 3.14. The van der Waals surface area contributed by atoms with Gasteiger partial charge in [-0.05, 0) is 25.7 Å². The third-order valence-corrected chi connectivity index (χ3v) is 3.14. The topological polar surface area (TPSA) is 64.9 Å².